The summed E-state index contributed by atoms with van der Waals surface area (Å²) in [5.41, 5.74) is 6.68. The zero-order valence-corrected chi connectivity index (χ0v) is 28.5. The van der Waals surface area contributed by atoms with E-state index in [4.69, 9.17) is 19.4 Å². The second-order valence-electron chi connectivity index (χ2n) is 13.6. The van der Waals surface area contributed by atoms with E-state index in [1.54, 1.807) is 0 Å². The molecule has 0 atom stereocenters. The van der Waals surface area contributed by atoms with E-state index in [2.05, 4.69) is 109 Å². The second kappa shape index (κ2) is 11.7. The first-order chi connectivity index (χ1) is 26.3. The predicted molar refractivity (Wildman–Crippen MR) is 219 cm³/mol. The highest BCUT2D eigenvalue weighted by Crippen LogP contribution is 2.44. The Morgan fingerprint density at radius 1 is 0.302 bits per heavy atom. The van der Waals surface area contributed by atoms with Crippen molar-refractivity contribution < 1.29 is 4.42 Å². The first-order valence-corrected chi connectivity index (χ1v) is 17.9. The van der Waals surface area contributed by atoms with Gasteiger partial charge in [0.1, 0.15) is 11.2 Å². The van der Waals surface area contributed by atoms with Gasteiger partial charge >= 0.3 is 0 Å². The van der Waals surface area contributed by atoms with E-state index in [1.807, 2.05) is 66.7 Å². The summed E-state index contributed by atoms with van der Waals surface area (Å²) in [7, 11) is 0. The van der Waals surface area contributed by atoms with Gasteiger partial charge in [-0.05, 0) is 79.0 Å². The molecule has 246 valence electrons. The molecule has 0 spiro atoms. The van der Waals surface area contributed by atoms with E-state index in [1.165, 1.54) is 32.3 Å². The SMILES string of the molecule is c1ccc(-c2nc(-c3ccccc3)nc(-c3ccc4oc5c(-c6ccc7c8ccccc8c8ccccc8c7c6)c6ccccc6cc5c4c3)n2)cc1. The van der Waals surface area contributed by atoms with Crippen LogP contribution in [-0.4, -0.2) is 15.0 Å². The van der Waals surface area contributed by atoms with Crippen LogP contribution >= 0.6 is 0 Å². The average molecular weight is 676 g/mol. The first-order valence-electron chi connectivity index (χ1n) is 17.9. The highest BCUT2D eigenvalue weighted by atomic mass is 16.3. The van der Waals surface area contributed by atoms with Gasteiger partial charge in [0, 0.05) is 33.0 Å². The minimum atomic E-state index is 0.614. The van der Waals surface area contributed by atoms with Gasteiger partial charge in [0.05, 0.1) is 0 Å². The molecule has 11 aromatic rings. The van der Waals surface area contributed by atoms with Crippen molar-refractivity contribution in [1.29, 1.82) is 0 Å². The van der Waals surface area contributed by atoms with Crippen LogP contribution in [0.3, 0.4) is 0 Å². The van der Waals surface area contributed by atoms with Crippen LogP contribution < -0.4 is 0 Å². The fourth-order valence-electron chi connectivity index (χ4n) is 8.00. The highest BCUT2D eigenvalue weighted by molar-refractivity contribution is 6.26. The summed E-state index contributed by atoms with van der Waals surface area (Å²) in [6.45, 7) is 0. The van der Waals surface area contributed by atoms with Gasteiger partial charge in [0.25, 0.3) is 0 Å². The zero-order valence-electron chi connectivity index (χ0n) is 28.5. The fourth-order valence-corrected chi connectivity index (χ4v) is 8.00. The third kappa shape index (κ3) is 4.73. The molecule has 0 amide bonds. The summed E-state index contributed by atoms with van der Waals surface area (Å²) in [6.07, 6.45) is 0. The third-order valence-corrected chi connectivity index (χ3v) is 10.5. The van der Waals surface area contributed by atoms with Crippen LogP contribution in [0.4, 0.5) is 0 Å². The van der Waals surface area contributed by atoms with Crippen LogP contribution in [-0.2, 0) is 0 Å². The van der Waals surface area contributed by atoms with Gasteiger partial charge in [-0.25, -0.2) is 15.0 Å². The number of rotatable bonds is 4. The van der Waals surface area contributed by atoms with Crippen molar-refractivity contribution in [2.24, 2.45) is 0 Å². The van der Waals surface area contributed by atoms with E-state index < -0.39 is 0 Å². The number of fused-ring (bicyclic) bond motifs is 10. The number of hydrogen-bond acceptors (Lipinski definition) is 4. The fraction of sp³-hybridized carbons (Fsp3) is 0. The molecular formula is C49H29N3O. The van der Waals surface area contributed by atoms with E-state index in [0.717, 1.165) is 60.5 Å². The molecule has 0 aliphatic carbocycles. The lowest BCUT2D eigenvalue weighted by Gasteiger charge is -2.13. The maximum atomic E-state index is 6.84. The molecule has 0 saturated carbocycles. The van der Waals surface area contributed by atoms with E-state index in [-0.39, 0.29) is 0 Å². The molecule has 0 aliphatic rings. The zero-order chi connectivity index (χ0) is 34.9. The summed E-state index contributed by atoms with van der Waals surface area (Å²) >= 11 is 0. The molecule has 11 rings (SSSR count). The average Bonchev–Trinajstić information content (AvgIpc) is 3.60. The van der Waals surface area contributed by atoms with Crippen LogP contribution in [0.25, 0.3) is 110 Å². The topological polar surface area (TPSA) is 51.8 Å². The maximum Gasteiger partial charge on any atom is 0.164 e. The van der Waals surface area contributed by atoms with Crippen molar-refractivity contribution in [3.8, 4) is 45.3 Å². The Balaban J connectivity index is 1.15. The Kier molecular flexibility index (Phi) is 6.52. The molecule has 0 fully saturated rings. The minimum Gasteiger partial charge on any atom is -0.455 e. The van der Waals surface area contributed by atoms with Crippen LogP contribution in [0.1, 0.15) is 0 Å². The summed E-state index contributed by atoms with van der Waals surface area (Å²) in [4.78, 5) is 14.9. The molecule has 0 bridgehead atoms. The van der Waals surface area contributed by atoms with Crippen molar-refractivity contribution in [3.05, 3.63) is 176 Å². The molecule has 53 heavy (non-hydrogen) atoms. The van der Waals surface area contributed by atoms with Gasteiger partial charge in [-0.1, -0.05) is 146 Å². The van der Waals surface area contributed by atoms with Gasteiger partial charge < -0.3 is 4.42 Å². The predicted octanol–water partition coefficient (Wildman–Crippen LogP) is 13.1. The summed E-state index contributed by atoms with van der Waals surface area (Å²) in [5, 5.41) is 11.9. The lowest BCUT2D eigenvalue weighted by atomic mass is 9.90. The van der Waals surface area contributed by atoms with Crippen molar-refractivity contribution in [2.75, 3.05) is 0 Å². The Bertz CT molecular complexity index is 3130. The standard InChI is InChI=1S/C49H29N3O/c1-3-13-30(14-4-1)47-50-48(31-15-5-2-6-16-31)52-49(51-47)34-24-26-44-42(29-34)43-27-32-17-7-8-18-35(32)45(46(43)53-44)33-23-25-40-38-21-10-9-19-36(38)37-20-11-12-22-39(37)41(40)28-33/h1-29H. The number of nitrogens with zero attached hydrogens (tertiary/aromatic N) is 3. The molecule has 4 nitrogen and oxygen atoms in total. The van der Waals surface area contributed by atoms with E-state index in [9.17, 15) is 0 Å². The normalized spacial score (nSPS) is 11.8. The molecule has 2 aromatic heterocycles. The van der Waals surface area contributed by atoms with E-state index >= 15 is 0 Å². The molecule has 2 heterocycles. The molecule has 9 aromatic carbocycles. The van der Waals surface area contributed by atoms with Gasteiger partial charge in [-0.2, -0.15) is 0 Å². The lowest BCUT2D eigenvalue weighted by molar-refractivity contribution is 0.670. The molecule has 0 N–H and O–H groups in total. The minimum absolute atomic E-state index is 0.614. The van der Waals surface area contributed by atoms with Gasteiger partial charge in [0.2, 0.25) is 0 Å². The van der Waals surface area contributed by atoms with Crippen LogP contribution in [0, 0.1) is 0 Å². The molecule has 0 saturated heterocycles. The summed E-state index contributed by atoms with van der Waals surface area (Å²) in [6, 6.07) is 61.6. The smallest absolute Gasteiger partial charge is 0.164 e. The second-order valence-corrected chi connectivity index (χ2v) is 13.6. The molecular weight excluding hydrogens is 647 g/mol. The molecule has 0 aliphatic heterocycles. The van der Waals surface area contributed by atoms with Gasteiger partial charge in [-0.3, -0.25) is 0 Å². The number of furan rings is 1. The largest absolute Gasteiger partial charge is 0.455 e. The summed E-state index contributed by atoms with van der Waals surface area (Å²) in [5.74, 6) is 1.89. The van der Waals surface area contributed by atoms with Crippen molar-refractivity contribution in [2.45, 2.75) is 0 Å². The quantitative estimate of drug-likeness (QED) is 0.174. The Hall–Kier alpha value is -7.17. The third-order valence-electron chi connectivity index (χ3n) is 10.5. The van der Waals surface area contributed by atoms with Crippen molar-refractivity contribution in [3.63, 3.8) is 0 Å². The maximum absolute atomic E-state index is 6.84. The highest BCUT2D eigenvalue weighted by Gasteiger charge is 2.20. The number of aromatic nitrogens is 3. The van der Waals surface area contributed by atoms with Crippen molar-refractivity contribution >= 4 is 65.0 Å². The Labute approximate surface area is 304 Å². The molecule has 0 radical (unpaired) electrons. The van der Waals surface area contributed by atoms with Gasteiger partial charge in [0.15, 0.2) is 17.5 Å². The Morgan fingerprint density at radius 3 is 1.40 bits per heavy atom. The van der Waals surface area contributed by atoms with Gasteiger partial charge in [-0.15, -0.1) is 0 Å². The monoisotopic (exact) mass is 675 g/mol. The van der Waals surface area contributed by atoms with E-state index in [0.29, 0.717) is 17.5 Å². The van der Waals surface area contributed by atoms with Crippen LogP contribution in [0.5, 0.6) is 0 Å². The summed E-state index contributed by atoms with van der Waals surface area (Å²) < 4.78 is 6.84. The first kappa shape index (κ1) is 29.5. The molecule has 4 heteroatoms. The number of benzene rings is 9. The lowest BCUT2D eigenvalue weighted by Crippen LogP contribution is -2.00. The molecule has 0 unspecified atom stereocenters. The van der Waals surface area contributed by atoms with Crippen LogP contribution in [0.2, 0.25) is 0 Å². The number of hydrogen-bond donors (Lipinski definition) is 0. The van der Waals surface area contributed by atoms with Crippen molar-refractivity contribution in [1.82, 2.24) is 15.0 Å². The Morgan fingerprint density at radius 2 is 0.774 bits per heavy atom. The van der Waals surface area contributed by atoms with Crippen LogP contribution in [0.15, 0.2) is 180 Å².